The lowest BCUT2D eigenvalue weighted by molar-refractivity contribution is -0.138. The summed E-state index contributed by atoms with van der Waals surface area (Å²) < 4.78 is 0. The van der Waals surface area contributed by atoms with Crippen LogP contribution in [0, 0.1) is 5.92 Å². The first kappa shape index (κ1) is 9.10. The molecule has 0 bridgehead atoms. The third-order valence-corrected chi connectivity index (χ3v) is 1.18. The van der Waals surface area contributed by atoms with Crippen molar-refractivity contribution < 1.29 is 14.7 Å². The van der Waals surface area contributed by atoms with Crippen LogP contribution in [0.25, 0.3) is 0 Å². The molecule has 0 amide bonds. The molecule has 0 radical (unpaired) electrons. The lowest BCUT2D eigenvalue weighted by atomic mass is 10.0. The van der Waals surface area contributed by atoms with Gasteiger partial charge in [0.05, 0.1) is 0 Å². The molecule has 0 spiro atoms. The molecule has 0 aliphatic heterocycles. The Morgan fingerprint density at radius 2 is 2.30 bits per heavy atom. The van der Waals surface area contributed by atoms with Crippen LogP contribution >= 0.6 is 0 Å². The van der Waals surface area contributed by atoms with Gasteiger partial charge in [0, 0.05) is 5.92 Å². The SMILES string of the molecule is CC(C=O)C[C@H](N)C(=O)O. The fraction of sp³-hybridized carbons (Fsp3) is 0.667. The number of nitrogens with two attached hydrogens (primary N) is 1. The Bertz CT molecular complexity index is 135. The van der Waals surface area contributed by atoms with Crippen molar-refractivity contribution in [1.82, 2.24) is 0 Å². The van der Waals surface area contributed by atoms with Crippen molar-refractivity contribution in [3.8, 4) is 0 Å². The summed E-state index contributed by atoms with van der Waals surface area (Å²) in [4.78, 5) is 20.1. The highest BCUT2D eigenvalue weighted by Crippen LogP contribution is 2.00. The third-order valence-electron chi connectivity index (χ3n) is 1.18. The number of carbonyl (C=O) groups is 2. The zero-order chi connectivity index (χ0) is 8.15. The molecule has 0 fully saturated rings. The predicted octanol–water partition coefficient (Wildman–Crippen LogP) is -0.377. The molecule has 1 unspecified atom stereocenters. The second-order valence-corrected chi connectivity index (χ2v) is 2.29. The van der Waals surface area contributed by atoms with Gasteiger partial charge in [0.25, 0.3) is 0 Å². The van der Waals surface area contributed by atoms with Crippen LogP contribution in [0.15, 0.2) is 0 Å². The summed E-state index contributed by atoms with van der Waals surface area (Å²) in [7, 11) is 0. The maximum absolute atomic E-state index is 10.1. The minimum atomic E-state index is -1.06. The Morgan fingerprint density at radius 3 is 2.60 bits per heavy atom. The Balaban J connectivity index is 3.67. The monoisotopic (exact) mass is 145 g/mol. The molecule has 2 atom stereocenters. The molecule has 0 aromatic heterocycles. The van der Waals surface area contributed by atoms with Crippen LogP contribution in [0.1, 0.15) is 13.3 Å². The van der Waals surface area contributed by atoms with Crippen LogP contribution in [-0.2, 0) is 9.59 Å². The summed E-state index contributed by atoms with van der Waals surface area (Å²) in [6.07, 6.45) is 0.904. The number of hydrogen-bond acceptors (Lipinski definition) is 3. The van der Waals surface area contributed by atoms with Crippen LogP contribution in [0.4, 0.5) is 0 Å². The summed E-state index contributed by atoms with van der Waals surface area (Å²) in [6.45, 7) is 1.63. The number of rotatable bonds is 4. The summed E-state index contributed by atoms with van der Waals surface area (Å²) in [6, 6.07) is -0.916. The van der Waals surface area contributed by atoms with E-state index in [0.29, 0.717) is 6.29 Å². The molecule has 0 rings (SSSR count). The van der Waals surface area contributed by atoms with E-state index in [0.717, 1.165) is 0 Å². The number of carboxylic acid groups (broad SMARTS) is 1. The van der Waals surface area contributed by atoms with Gasteiger partial charge in [-0.15, -0.1) is 0 Å². The maximum Gasteiger partial charge on any atom is 0.320 e. The lowest BCUT2D eigenvalue weighted by Gasteiger charge is -2.06. The molecule has 58 valence electrons. The Hall–Kier alpha value is -0.900. The summed E-state index contributed by atoms with van der Waals surface area (Å²) >= 11 is 0. The highest BCUT2D eigenvalue weighted by Gasteiger charge is 2.14. The van der Waals surface area contributed by atoms with E-state index in [1.165, 1.54) is 0 Å². The van der Waals surface area contributed by atoms with E-state index in [1.54, 1.807) is 6.92 Å². The zero-order valence-corrected chi connectivity index (χ0v) is 5.78. The van der Waals surface area contributed by atoms with Crippen molar-refractivity contribution in [3.63, 3.8) is 0 Å². The van der Waals surface area contributed by atoms with Gasteiger partial charge in [-0.05, 0) is 6.42 Å². The molecular weight excluding hydrogens is 134 g/mol. The fourth-order valence-corrected chi connectivity index (χ4v) is 0.557. The first-order chi connectivity index (χ1) is 4.57. The highest BCUT2D eigenvalue weighted by molar-refractivity contribution is 5.73. The number of aldehydes is 1. The number of aliphatic carboxylic acids is 1. The normalized spacial score (nSPS) is 15.8. The third kappa shape index (κ3) is 3.19. The molecule has 0 saturated heterocycles. The largest absolute Gasteiger partial charge is 0.480 e. The molecule has 0 heterocycles. The minimum Gasteiger partial charge on any atom is -0.480 e. The highest BCUT2D eigenvalue weighted by atomic mass is 16.4. The van der Waals surface area contributed by atoms with Crippen LogP contribution in [0.2, 0.25) is 0 Å². The number of hydrogen-bond donors (Lipinski definition) is 2. The van der Waals surface area contributed by atoms with Crippen LogP contribution in [-0.4, -0.2) is 23.4 Å². The van der Waals surface area contributed by atoms with E-state index in [1.807, 2.05) is 0 Å². The summed E-state index contributed by atoms with van der Waals surface area (Å²) in [5.74, 6) is -1.33. The summed E-state index contributed by atoms with van der Waals surface area (Å²) in [5.41, 5.74) is 5.13. The van der Waals surface area contributed by atoms with Crippen molar-refractivity contribution in [1.29, 1.82) is 0 Å². The van der Waals surface area contributed by atoms with Crippen molar-refractivity contribution in [3.05, 3.63) is 0 Å². The van der Waals surface area contributed by atoms with Gasteiger partial charge in [-0.25, -0.2) is 0 Å². The van der Waals surface area contributed by atoms with Crippen molar-refractivity contribution in [2.75, 3.05) is 0 Å². The van der Waals surface area contributed by atoms with Gasteiger partial charge in [0.2, 0.25) is 0 Å². The van der Waals surface area contributed by atoms with E-state index in [4.69, 9.17) is 10.8 Å². The molecule has 0 saturated carbocycles. The molecule has 4 heteroatoms. The lowest BCUT2D eigenvalue weighted by Crippen LogP contribution is -2.32. The van der Waals surface area contributed by atoms with E-state index >= 15 is 0 Å². The molecule has 0 aliphatic rings. The van der Waals surface area contributed by atoms with Gasteiger partial charge in [0.15, 0.2) is 0 Å². The van der Waals surface area contributed by atoms with Crippen LogP contribution < -0.4 is 5.73 Å². The second kappa shape index (κ2) is 4.00. The molecule has 10 heavy (non-hydrogen) atoms. The number of carboxylic acids is 1. The zero-order valence-electron chi connectivity index (χ0n) is 5.78. The van der Waals surface area contributed by atoms with Gasteiger partial charge in [-0.3, -0.25) is 4.79 Å². The first-order valence-corrected chi connectivity index (χ1v) is 3.01. The quantitative estimate of drug-likeness (QED) is 0.528. The smallest absolute Gasteiger partial charge is 0.320 e. The van der Waals surface area contributed by atoms with E-state index in [2.05, 4.69) is 0 Å². The molecule has 0 aliphatic carbocycles. The average Bonchev–Trinajstić information content (AvgIpc) is 1.87. The van der Waals surface area contributed by atoms with Gasteiger partial charge >= 0.3 is 5.97 Å². The van der Waals surface area contributed by atoms with Crippen LogP contribution in [0.3, 0.4) is 0 Å². The molecular formula is C6H11NO3. The molecule has 4 nitrogen and oxygen atoms in total. The second-order valence-electron chi connectivity index (χ2n) is 2.29. The van der Waals surface area contributed by atoms with Gasteiger partial charge in [0.1, 0.15) is 12.3 Å². The number of carbonyl (C=O) groups excluding carboxylic acids is 1. The molecule has 3 N–H and O–H groups in total. The standard InChI is InChI=1S/C6H11NO3/c1-4(3-8)2-5(7)6(9)10/h3-5H,2,7H2,1H3,(H,9,10)/t4?,5-/m0/s1. The molecule has 0 aromatic carbocycles. The van der Waals surface area contributed by atoms with Crippen molar-refractivity contribution in [2.45, 2.75) is 19.4 Å². The summed E-state index contributed by atoms with van der Waals surface area (Å²) in [5, 5.41) is 8.29. The van der Waals surface area contributed by atoms with Gasteiger partial charge in [-0.1, -0.05) is 6.92 Å². The minimum absolute atomic E-state index is 0.207. The fourth-order valence-electron chi connectivity index (χ4n) is 0.557. The Kier molecular flexibility index (Phi) is 3.64. The van der Waals surface area contributed by atoms with Crippen molar-refractivity contribution in [2.24, 2.45) is 11.7 Å². The Labute approximate surface area is 59.0 Å². The van der Waals surface area contributed by atoms with E-state index in [-0.39, 0.29) is 12.3 Å². The van der Waals surface area contributed by atoms with Crippen molar-refractivity contribution >= 4 is 12.3 Å². The average molecular weight is 145 g/mol. The maximum atomic E-state index is 10.1. The predicted molar refractivity (Wildman–Crippen MR) is 35.5 cm³/mol. The van der Waals surface area contributed by atoms with Crippen LogP contribution in [0.5, 0.6) is 0 Å². The van der Waals surface area contributed by atoms with Gasteiger partial charge < -0.3 is 15.6 Å². The first-order valence-electron chi connectivity index (χ1n) is 3.01. The Morgan fingerprint density at radius 1 is 1.80 bits per heavy atom. The topological polar surface area (TPSA) is 80.4 Å². The van der Waals surface area contributed by atoms with E-state index < -0.39 is 12.0 Å². The van der Waals surface area contributed by atoms with E-state index in [9.17, 15) is 9.59 Å². The van der Waals surface area contributed by atoms with Gasteiger partial charge in [-0.2, -0.15) is 0 Å². The molecule has 0 aromatic rings.